The van der Waals surface area contributed by atoms with Gasteiger partial charge in [-0.1, -0.05) is 25.4 Å². The van der Waals surface area contributed by atoms with E-state index in [2.05, 4.69) is 15.9 Å². The molecular weight excluding hydrogens is 330 g/mol. The maximum Gasteiger partial charge on any atom is 0.238 e. The monoisotopic (exact) mass is 341 g/mol. The minimum Gasteiger partial charge on any atom is -0.274 e. The summed E-state index contributed by atoms with van der Waals surface area (Å²) in [6.45, 7) is 5.81. The number of imide groups is 1. The lowest BCUT2D eigenvalue weighted by Gasteiger charge is -2.22. The summed E-state index contributed by atoms with van der Waals surface area (Å²) < 4.78 is 0.718. The Hall–Kier alpha value is -0.870. The molecule has 0 aromatic heterocycles. The number of fused-ring (bicyclic) bond motifs is 1. The van der Waals surface area contributed by atoms with E-state index in [1.165, 1.54) is 4.90 Å². The summed E-state index contributed by atoms with van der Waals surface area (Å²) in [5, 5.41) is 0.554. The van der Waals surface area contributed by atoms with Gasteiger partial charge in [0.2, 0.25) is 11.8 Å². The molecule has 0 bridgehead atoms. The molecule has 0 N–H and O–H groups in total. The van der Waals surface area contributed by atoms with Gasteiger partial charge in [0.25, 0.3) is 0 Å². The first-order valence-corrected chi connectivity index (χ1v) is 7.27. The number of benzene rings is 1. The van der Waals surface area contributed by atoms with Crippen LogP contribution in [0.1, 0.15) is 19.4 Å². The first kappa shape index (κ1) is 13.1. The van der Waals surface area contributed by atoms with Crippen LogP contribution in [-0.4, -0.2) is 11.8 Å². The van der Waals surface area contributed by atoms with Gasteiger partial charge in [-0.05, 0) is 46.0 Å². The molecule has 1 saturated carbocycles. The van der Waals surface area contributed by atoms with E-state index in [-0.39, 0.29) is 29.1 Å². The smallest absolute Gasteiger partial charge is 0.238 e. The van der Waals surface area contributed by atoms with Crippen LogP contribution >= 0.6 is 27.5 Å². The molecule has 2 amide bonds. The molecule has 1 saturated heterocycles. The van der Waals surface area contributed by atoms with Crippen LogP contribution in [0.5, 0.6) is 0 Å². The average Bonchev–Trinajstić information content (AvgIpc) is 2.76. The number of nitrogens with zero attached hydrogens (tertiary/aromatic N) is 1. The fraction of sp³-hybridized carbons (Fsp3) is 0.429. The van der Waals surface area contributed by atoms with Crippen molar-refractivity contribution in [2.45, 2.75) is 20.8 Å². The highest BCUT2D eigenvalue weighted by atomic mass is 79.9. The van der Waals surface area contributed by atoms with E-state index in [1.807, 2.05) is 26.8 Å². The Morgan fingerprint density at radius 1 is 1.21 bits per heavy atom. The zero-order valence-electron chi connectivity index (χ0n) is 10.8. The third-order valence-electron chi connectivity index (χ3n) is 4.27. The number of anilines is 1. The van der Waals surface area contributed by atoms with Crippen LogP contribution in [0, 0.1) is 24.2 Å². The van der Waals surface area contributed by atoms with Crippen molar-refractivity contribution in [1.82, 2.24) is 0 Å². The number of amides is 2. The first-order chi connectivity index (χ1) is 8.76. The molecule has 1 aromatic rings. The van der Waals surface area contributed by atoms with E-state index in [4.69, 9.17) is 11.6 Å². The normalized spacial score (nSPS) is 27.7. The van der Waals surface area contributed by atoms with Crippen molar-refractivity contribution < 1.29 is 9.59 Å². The molecule has 19 heavy (non-hydrogen) atoms. The van der Waals surface area contributed by atoms with Crippen LogP contribution < -0.4 is 4.90 Å². The Labute approximate surface area is 125 Å². The van der Waals surface area contributed by atoms with Crippen molar-refractivity contribution in [2.24, 2.45) is 17.3 Å². The fourth-order valence-corrected chi connectivity index (χ4v) is 3.78. The van der Waals surface area contributed by atoms with Crippen LogP contribution in [-0.2, 0) is 9.59 Å². The fourth-order valence-electron chi connectivity index (χ4n) is 2.99. The molecule has 0 radical (unpaired) electrons. The second-order valence-electron chi connectivity index (χ2n) is 5.84. The molecule has 3 nitrogen and oxygen atoms in total. The SMILES string of the molecule is Cc1cc(Br)c(N2C(=O)C3C(C2=O)C3(C)C)cc1Cl. The van der Waals surface area contributed by atoms with Crippen LogP contribution in [0.15, 0.2) is 16.6 Å². The molecule has 1 aliphatic heterocycles. The van der Waals surface area contributed by atoms with Crippen LogP contribution in [0.4, 0.5) is 5.69 Å². The molecule has 1 aromatic carbocycles. The highest BCUT2D eigenvalue weighted by molar-refractivity contribution is 9.10. The molecule has 2 unspecified atom stereocenters. The molecule has 1 aliphatic carbocycles. The van der Waals surface area contributed by atoms with Crippen molar-refractivity contribution in [3.63, 3.8) is 0 Å². The van der Waals surface area contributed by atoms with Gasteiger partial charge in [-0.15, -0.1) is 0 Å². The number of carbonyl (C=O) groups is 2. The number of halogens is 2. The van der Waals surface area contributed by atoms with Gasteiger partial charge in [0, 0.05) is 9.50 Å². The minimum absolute atomic E-state index is 0.111. The number of hydrogen-bond donors (Lipinski definition) is 0. The zero-order valence-corrected chi connectivity index (χ0v) is 13.2. The van der Waals surface area contributed by atoms with Gasteiger partial charge in [-0.2, -0.15) is 0 Å². The highest BCUT2D eigenvalue weighted by Crippen LogP contribution is 2.64. The zero-order chi connectivity index (χ0) is 14.1. The Bertz CT molecular complexity index is 602. The van der Waals surface area contributed by atoms with Crippen molar-refractivity contribution >= 4 is 45.0 Å². The molecule has 100 valence electrons. The lowest BCUT2D eigenvalue weighted by Crippen LogP contribution is -2.36. The van der Waals surface area contributed by atoms with Crippen molar-refractivity contribution in [1.29, 1.82) is 0 Å². The predicted octanol–water partition coefficient (Wildman–Crippen LogP) is 3.56. The Morgan fingerprint density at radius 3 is 2.26 bits per heavy atom. The maximum absolute atomic E-state index is 12.4. The van der Waals surface area contributed by atoms with E-state index in [0.29, 0.717) is 10.7 Å². The van der Waals surface area contributed by atoms with E-state index < -0.39 is 0 Å². The first-order valence-electron chi connectivity index (χ1n) is 6.10. The predicted molar refractivity (Wildman–Crippen MR) is 77.1 cm³/mol. The topological polar surface area (TPSA) is 37.4 Å². The molecule has 3 rings (SSSR count). The molecule has 5 heteroatoms. The van der Waals surface area contributed by atoms with E-state index >= 15 is 0 Å². The largest absolute Gasteiger partial charge is 0.274 e. The van der Waals surface area contributed by atoms with Crippen LogP contribution in [0.25, 0.3) is 0 Å². The number of piperidine rings is 1. The summed E-state index contributed by atoms with van der Waals surface area (Å²) in [6.07, 6.45) is 0. The Morgan fingerprint density at radius 2 is 1.74 bits per heavy atom. The lowest BCUT2D eigenvalue weighted by atomic mass is 10.0. The van der Waals surface area contributed by atoms with Gasteiger partial charge in [0.1, 0.15) is 0 Å². The summed E-state index contributed by atoms with van der Waals surface area (Å²) >= 11 is 9.50. The standard InChI is InChI=1S/C14H13BrClNO2/c1-6-4-7(15)9(5-8(6)16)17-12(18)10-11(13(17)19)14(10,2)3/h4-5,10-11H,1-3H3. The van der Waals surface area contributed by atoms with Gasteiger partial charge in [0.05, 0.1) is 17.5 Å². The lowest BCUT2D eigenvalue weighted by molar-refractivity contribution is -0.125. The molecule has 2 fully saturated rings. The van der Waals surface area contributed by atoms with Crippen molar-refractivity contribution in [3.8, 4) is 0 Å². The molecule has 2 atom stereocenters. The van der Waals surface area contributed by atoms with Gasteiger partial charge >= 0.3 is 0 Å². The minimum atomic E-state index is -0.189. The number of carbonyl (C=O) groups excluding carboxylic acids is 2. The maximum atomic E-state index is 12.4. The molecule has 2 aliphatic rings. The highest BCUT2D eigenvalue weighted by Gasteiger charge is 2.72. The van der Waals surface area contributed by atoms with E-state index in [0.717, 1.165) is 10.0 Å². The summed E-state index contributed by atoms with van der Waals surface area (Å²) in [6, 6.07) is 3.50. The molecule has 1 heterocycles. The van der Waals surface area contributed by atoms with Crippen LogP contribution in [0.3, 0.4) is 0 Å². The quantitative estimate of drug-likeness (QED) is 0.732. The number of hydrogen-bond acceptors (Lipinski definition) is 2. The summed E-state index contributed by atoms with van der Waals surface area (Å²) in [4.78, 5) is 26.0. The van der Waals surface area contributed by atoms with Gasteiger partial charge in [-0.25, -0.2) is 4.90 Å². The second kappa shape index (κ2) is 3.83. The number of rotatable bonds is 1. The van der Waals surface area contributed by atoms with Gasteiger partial charge in [-0.3, -0.25) is 9.59 Å². The third kappa shape index (κ3) is 1.62. The Balaban J connectivity index is 2.04. The Kier molecular flexibility index (Phi) is 2.64. The molecule has 0 spiro atoms. The third-order valence-corrected chi connectivity index (χ3v) is 5.31. The van der Waals surface area contributed by atoms with E-state index in [1.54, 1.807) is 6.07 Å². The average molecular weight is 343 g/mol. The van der Waals surface area contributed by atoms with Crippen molar-refractivity contribution in [3.05, 3.63) is 27.2 Å². The van der Waals surface area contributed by atoms with Gasteiger partial charge < -0.3 is 0 Å². The van der Waals surface area contributed by atoms with Crippen LogP contribution in [0.2, 0.25) is 5.02 Å². The summed E-state index contributed by atoms with van der Waals surface area (Å²) in [5.41, 5.74) is 1.27. The second-order valence-corrected chi connectivity index (χ2v) is 7.10. The molecular formula is C14H13BrClNO2. The van der Waals surface area contributed by atoms with Gasteiger partial charge in [0.15, 0.2) is 0 Å². The number of aryl methyl sites for hydroxylation is 1. The van der Waals surface area contributed by atoms with Crippen molar-refractivity contribution in [2.75, 3.05) is 4.90 Å². The summed E-state index contributed by atoms with van der Waals surface area (Å²) in [5.74, 6) is -0.569. The summed E-state index contributed by atoms with van der Waals surface area (Å²) in [7, 11) is 0. The van der Waals surface area contributed by atoms with E-state index in [9.17, 15) is 9.59 Å².